The number of fused-ring (bicyclic) bond motifs is 1. The molecule has 0 saturated heterocycles. The van der Waals surface area contributed by atoms with Gasteiger partial charge in [0.25, 0.3) is 0 Å². The maximum atomic E-state index is 13.0. The quantitative estimate of drug-likeness (QED) is 0.502. The first kappa shape index (κ1) is 19.8. The molecule has 3 aromatic rings. The van der Waals surface area contributed by atoms with E-state index in [1.807, 2.05) is 19.1 Å². The molecule has 0 amide bonds. The molecule has 2 heterocycles. The zero-order valence-electron chi connectivity index (χ0n) is 15.1. The van der Waals surface area contributed by atoms with Gasteiger partial charge < -0.3 is 0 Å². The van der Waals surface area contributed by atoms with E-state index in [1.165, 1.54) is 23.5 Å². The number of hydrogen-bond acceptors (Lipinski definition) is 4. The van der Waals surface area contributed by atoms with E-state index in [9.17, 15) is 18.0 Å². The second-order valence-corrected chi connectivity index (χ2v) is 8.23. The Morgan fingerprint density at radius 2 is 1.86 bits per heavy atom. The van der Waals surface area contributed by atoms with Crippen LogP contribution in [0.25, 0.3) is 0 Å². The van der Waals surface area contributed by atoms with Gasteiger partial charge in [-0.15, -0.1) is 11.3 Å². The standard InChI is InChI=1S/C21H14ClF3N2OS/c1-11-3-2-4-14(22)17(11)19-20(28)18-15(10-26-19)29-16(27-18)9-12-5-7-13(8-6-12)21(23,24)25/h2-8,10,19H,9H2,1H3. The summed E-state index contributed by atoms with van der Waals surface area (Å²) in [5, 5.41) is 1.12. The summed E-state index contributed by atoms with van der Waals surface area (Å²) in [7, 11) is 0. The van der Waals surface area contributed by atoms with Crippen LogP contribution in [-0.4, -0.2) is 17.0 Å². The lowest BCUT2D eigenvalue weighted by Crippen LogP contribution is -2.18. The predicted molar refractivity (Wildman–Crippen MR) is 107 cm³/mol. The van der Waals surface area contributed by atoms with E-state index in [0.29, 0.717) is 38.1 Å². The van der Waals surface area contributed by atoms with Gasteiger partial charge in [0.2, 0.25) is 5.78 Å². The highest BCUT2D eigenvalue weighted by Gasteiger charge is 2.32. The lowest BCUT2D eigenvalue weighted by atomic mass is 9.95. The van der Waals surface area contributed by atoms with Crippen molar-refractivity contribution in [3.63, 3.8) is 0 Å². The summed E-state index contributed by atoms with van der Waals surface area (Å²) in [6, 6.07) is 9.61. The van der Waals surface area contributed by atoms with E-state index in [1.54, 1.807) is 12.3 Å². The molecule has 3 nitrogen and oxygen atoms in total. The minimum absolute atomic E-state index is 0.228. The predicted octanol–water partition coefficient (Wildman–Crippen LogP) is 6.07. The topological polar surface area (TPSA) is 42.3 Å². The first-order valence-corrected chi connectivity index (χ1v) is 9.91. The van der Waals surface area contributed by atoms with Crippen LogP contribution in [0.5, 0.6) is 0 Å². The summed E-state index contributed by atoms with van der Waals surface area (Å²) in [5.74, 6) is -0.228. The number of benzene rings is 2. The van der Waals surface area contributed by atoms with Crippen molar-refractivity contribution in [1.29, 1.82) is 0 Å². The number of alkyl halides is 3. The number of aliphatic imine (C=N–C) groups is 1. The maximum absolute atomic E-state index is 13.0. The van der Waals surface area contributed by atoms with Crippen molar-refractivity contribution in [2.45, 2.75) is 25.6 Å². The third-order valence-corrected chi connectivity index (χ3v) is 6.02. The first-order chi connectivity index (χ1) is 13.7. The summed E-state index contributed by atoms with van der Waals surface area (Å²) >= 11 is 7.60. The Labute approximate surface area is 173 Å². The molecule has 8 heteroatoms. The molecule has 1 aliphatic rings. The smallest absolute Gasteiger partial charge is 0.290 e. The average molecular weight is 435 g/mol. The number of aromatic nitrogens is 1. The van der Waals surface area contributed by atoms with Gasteiger partial charge in [-0.25, -0.2) is 4.98 Å². The number of ketones is 1. The fourth-order valence-electron chi connectivity index (χ4n) is 3.24. The van der Waals surface area contributed by atoms with Crippen molar-refractivity contribution in [3.8, 4) is 0 Å². The number of rotatable bonds is 3. The second-order valence-electron chi connectivity index (χ2n) is 6.71. The summed E-state index contributed by atoms with van der Waals surface area (Å²) in [4.78, 5) is 22.5. The molecule has 0 radical (unpaired) electrons. The van der Waals surface area contributed by atoms with Crippen LogP contribution in [0.4, 0.5) is 13.2 Å². The first-order valence-electron chi connectivity index (χ1n) is 8.72. The molecule has 0 saturated carbocycles. The lowest BCUT2D eigenvalue weighted by Gasteiger charge is -2.17. The van der Waals surface area contributed by atoms with Crippen LogP contribution in [0, 0.1) is 6.92 Å². The molecule has 4 rings (SSSR count). The van der Waals surface area contributed by atoms with Crippen LogP contribution in [0.2, 0.25) is 5.02 Å². The summed E-state index contributed by atoms with van der Waals surface area (Å²) < 4.78 is 38.1. The van der Waals surface area contributed by atoms with Crippen molar-refractivity contribution >= 4 is 34.9 Å². The number of nitrogens with zero attached hydrogens (tertiary/aromatic N) is 2. The molecule has 0 bridgehead atoms. The van der Waals surface area contributed by atoms with Crippen molar-refractivity contribution in [2.75, 3.05) is 0 Å². The summed E-state index contributed by atoms with van der Waals surface area (Å²) in [5.41, 5.74) is 1.86. The SMILES string of the molecule is Cc1cccc(Cl)c1C1N=Cc2sc(Cc3ccc(C(F)(F)F)cc3)nc2C1=O. The average Bonchev–Trinajstić information content (AvgIpc) is 3.06. The van der Waals surface area contributed by atoms with Gasteiger partial charge >= 0.3 is 6.18 Å². The molecule has 1 aliphatic heterocycles. The number of aryl methyl sites for hydroxylation is 1. The van der Waals surface area contributed by atoms with Gasteiger partial charge in [-0.05, 0) is 36.2 Å². The molecule has 0 N–H and O–H groups in total. The molecule has 1 aromatic heterocycles. The third kappa shape index (κ3) is 3.84. The Morgan fingerprint density at radius 1 is 1.14 bits per heavy atom. The van der Waals surface area contributed by atoms with E-state index in [2.05, 4.69) is 9.98 Å². The third-order valence-electron chi connectivity index (χ3n) is 4.70. The van der Waals surface area contributed by atoms with Crippen molar-refractivity contribution < 1.29 is 18.0 Å². The van der Waals surface area contributed by atoms with Crippen molar-refractivity contribution in [1.82, 2.24) is 4.98 Å². The lowest BCUT2D eigenvalue weighted by molar-refractivity contribution is -0.137. The van der Waals surface area contributed by atoms with E-state index >= 15 is 0 Å². The number of thiazole rings is 1. The molecule has 2 aromatic carbocycles. The van der Waals surface area contributed by atoms with Crippen LogP contribution in [0.3, 0.4) is 0 Å². The van der Waals surface area contributed by atoms with E-state index in [0.717, 1.165) is 17.7 Å². The minimum atomic E-state index is -4.37. The second kappa shape index (κ2) is 7.39. The zero-order valence-corrected chi connectivity index (χ0v) is 16.7. The maximum Gasteiger partial charge on any atom is 0.416 e. The Bertz CT molecular complexity index is 1100. The Balaban J connectivity index is 1.59. The van der Waals surface area contributed by atoms with Crippen LogP contribution < -0.4 is 0 Å². The van der Waals surface area contributed by atoms with Crippen LogP contribution in [0.15, 0.2) is 47.5 Å². The van der Waals surface area contributed by atoms with Gasteiger partial charge in [0.15, 0.2) is 0 Å². The molecule has 0 fully saturated rings. The molecule has 0 aliphatic carbocycles. The number of Topliss-reactive ketones (excluding diaryl/α,β-unsaturated/α-hetero) is 1. The van der Waals surface area contributed by atoms with Gasteiger partial charge in [0, 0.05) is 23.2 Å². The number of carbonyl (C=O) groups excluding carboxylic acids is 1. The highest BCUT2D eigenvalue weighted by atomic mass is 35.5. The van der Waals surface area contributed by atoms with Crippen LogP contribution in [0.1, 0.15) is 48.7 Å². The van der Waals surface area contributed by atoms with E-state index in [4.69, 9.17) is 11.6 Å². The van der Waals surface area contributed by atoms with Gasteiger partial charge in [-0.1, -0.05) is 35.9 Å². The molecule has 0 spiro atoms. The normalized spacial score (nSPS) is 16.2. The molecular formula is C21H14ClF3N2OS. The summed E-state index contributed by atoms with van der Waals surface area (Å²) in [6.45, 7) is 1.87. The monoisotopic (exact) mass is 434 g/mol. The largest absolute Gasteiger partial charge is 0.416 e. The molecular weight excluding hydrogens is 421 g/mol. The van der Waals surface area contributed by atoms with Crippen molar-refractivity contribution in [3.05, 3.63) is 85.3 Å². The van der Waals surface area contributed by atoms with E-state index < -0.39 is 17.8 Å². The van der Waals surface area contributed by atoms with Crippen LogP contribution >= 0.6 is 22.9 Å². The summed E-state index contributed by atoms with van der Waals surface area (Å²) in [6.07, 6.45) is -2.40. The fraction of sp³-hybridized carbons (Fsp3) is 0.190. The minimum Gasteiger partial charge on any atom is -0.290 e. The molecule has 1 atom stereocenters. The van der Waals surface area contributed by atoms with Gasteiger partial charge in [0.1, 0.15) is 11.7 Å². The van der Waals surface area contributed by atoms with Gasteiger partial charge in [-0.3, -0.25) is 9.79 Å². The number of hydrogen-bond donors (Lipinski definition) is 0. The fourth-order valence-corrected chi connectivity index (χ4v) is 4.55. The number of halogens is 4. The highest BCUT2D eigenvalue weighted by Crippen LogP contribution is 2.36. The van der Waals surface area contributed by atoms with Crippen LogP contribution in [-0.2, 0) is 12.6 Å². The molecule has 1 unspecified atom stereocenters. The Hall–Kier alpha value is -2.51. The molecule has 29 heavy (non-hydrogen) atoms. The van der Waals surface area contributed by atoms with Gasteiger partial charge in [-0.2, -0.15) is 13.2 Å². The number of carbonyl (C=O) groups is 1. The molecule has 148 valence electrons. The Morgan fingerprint density at radius 3 is 2.52 bits per heavy atom. The van der Waals surface area contributed by atoms with Gasteiger partial charge in [0.05, 0.1) is 15.4 Å². The van der Waals surface area contributed by atoms with E-state index in [-0.39, 0.29) is 5.78 Å². The van der Waals surface area contributed by atoms with Crippen molar-refractivity contribution in [2.24, 2.45) is 4.99 Å². The zero-order chi connectivity index (χ0) is 20.8. The Kier molecular flexibility index (Phi) is 5.04. The highest BCUT2D eigenvalue weighted by molar-refractivity contribution is 7.13.